The minimum Gasteiger partial charge on any atom is -0.397 e. The number of rotatable bonds is 3. The van der Waals surface area contributed by atoms with E-state index in [9.17, 15) is 9.90 Å². The molecule has 0 saturated carbocycles. The number of anilines is 1. The highest BCUT2D eigenvalue weighted by Crippen LogP contribution is 2.47. The maximum Gasteiger partial charge on any atom is 0.260 e. The summed E-state index contributed by atoms with van der Waals surface area (Å²) in [5.74, 6) is -1.32. The van der Waals surface area contributed by atoms with Crippen LogP contribution in [0.25, 0.3) is 0 Å². The van der Waals surface area contributed by atoms with Crippen molar-refractivity contribution in [2.75, 3.05) is 12.3 Å². The Morgan fingerprint density at radius 1 is 1.43 bits per heavy atom. The van der Waals surface area contributed by atoms with Crippen LogP contribution in [0.1, 0.15) is 35.2 Å². The number of nitrogen functional groups attached to an aromatic ring is 1. The van der Waals surface area contributed by atoms with Gasteiger partial charge in [-0.05, 0) is 19.2 Å². The van der Waals surface area contributed by atoms with Gasteiger partial charge in [-0.3, -0.25) is 4.79 Å². The van der Waals surface area contributed by atoms with Crippen LogP contribution in [0.2, 0.25) is 0 Å². The molecule has 1 aromatic rings. The van der Waals surface area contributed by atoms with Crippen molar-refractivity contribution in [2.45, 2.75) is 44.1 Å². The first-order valence-corrected chi connectivity index (χ1v) is 7.50. The second-order valence-electron chi connectivity index (χ2n) is 5.64. The van der Waals surface area contributed by atoms with Gasteiger partial charge < -0.3 is 30.8 Å². The van der Waals surface area contributed by atoms with Gasteiger partial charge in [0.15, 0.2) is 5.79 Å². The number of carbonyl (C=O) groups is 1. The molecular formula is C13H18N2O5S. The highest BCUT2D eigenvalue weighted by molar-refractivity contribution is 7.12. The Labute approximate surface area is 125 Å². The van der Waals surface area contributed by atoms with Crippen LogP contribution in [0.4, 0.5) is 5.69 Å². The van der Waals surface area contributed by atoms with E-state index in [1.165, 1.54) is 11.3 Å². The van der Waals surface area contributed by atoms with Crippen molar-refractivity contribution in [1.29, 1.82) is 0 Å². The number of amides is 1. The summed E-state index contributed by atoms with van der Waals surface area (Å²) in [7, 11) is 0. The quantitative estimate of drug-likeness (QED) is 0.742. The third-order valence-electron chi connectivity index (χ3n) is 3.72. The van der Waals surface area contributed by atoms with Crippen LogP contribution in [0.3, 0.4) is 0 Å². The first kappa shape index (κ1) is 14.7. The van der Waals surface area contributed by atoms with Crippen LogP contribution in [0.15, 0.2) is 5.38 Å². The van der Waals surface area contributed by atoms with Gasteiger partial charge in [-0.2, -0.15) is 0 Å². The van der Waals surface area contributed by atoms with Crippen LogP contribution in [0.5, 0.6) is 0 Å². The Bertz CT molecular complexity index is 573. The topological polar surface area (TPSA) is 117 Å². The first-order chi connectivity index (χ1) is 9.84. The van der Waals surface area contributed by atoms with Gasteiger partial charge in [0.05, 0.1) is 12.3 Å². The predicted molar refractivity (Wildman–Crippen MR) is 75.8 cm³/mol. The van der Waals surface area contributed by atoms with E-state index < -0.39 is 23.9 Å². The van der Waals surface area contributed by atoms with E-state index in [0.29, 0.717) is 16.1 Å². The molecule has 116 valence electrons. The molecule has 0 aromatic carbocycles. The molecule has 2 fully saturated rings. The molecule has 0 spiro atoms. The molecule has 21 heavy (non-hydrogen) atoms. The molecule has 3 heterocycles. The summed E-state index contributed by atoms with van der Waals surface area (Å²) in [5, 5.41) is 11.2. The molecule has 2 saturated heterocycles. The molecular weight excluding hydrogens is 296 g/mol. The second-order valence-corrected chi connectivity index (χ2v) is 6.52. The van der Waals surface area contributed by atoms with Crippen molar-refractivity contribution >= 4 is 22.9 Å². The molecule has 0 radical (unpaired) electrons. The number of fused-ring (bicyclic) bond motifs is 1. The number of primary amides is 1. The fourth-order valence-corrected chi connectivity index (χ4v) is 3.74. The Morgan fingerprint density at radius 3 is 2.67 bits per heavy atom. The molecule has 2 aliphatic heterocycles. The Morgan fingerprint density at radius 2 is 2.10 bits per heavy atom. The largest absolute Gasteiger partial charge is 0.397 e. The van der Waals surface area contributed by atoms with Crippen molar-refractivity contribution < 1.29 is 24.1 Å². The van der Waals surface area contributed by atoms with E-state index in [0.717, 1.165) is 0 Å². The molecule has 1 amide bonds. The van der Waals surface area contributed by atoms with E-state index in [-0.39, 0.29) is 18.8 Å². The zero-order chi connectivity index (χ0) is 15.4. The van der Waals surface area contributed by atoms with E-state index in [4.69, 9.17) is 25.7 Å². The summed E-state index contributed by atoms with van der Waals surface area (Å²) >= 11 is 1.18. The van der Waals surface area contributed by atoms with E-state index >= 15 is 0 Å². The molecule has 1 unspecified atom stereocenters. The summed E-state index contributed by atoms with van der Waals surface area (Å²) in [6.45, 7) is 3.44. The van der Waals surface area contributed by atoms with Crippen molar-refractivity contribution in [3.05, 3.63) is 15.8 Å². The monoisotopic (exact) mass is 314 g/mol. The van der Waals surface area contributed by atoms with E-state index in [1.807, 2.05) is 13.8 Å². The predicted octanol–water partition coefficient (Wildman–Crippen LogP) is 0.382. The van der Waals surface area contributed by atoms with Crippen LogP contribution in [-0.4, -0.2) is 41.7 Å². The number of nitrogens with two attached hydrogens (primary N) is 2. The van der Waals surface area contributed by atoms with Gasteiger partial charge >= 0.3 is 0 Å². The molecule has 1 aromatic heterocycles. The summed E-state index contributed by atoms with van der Waals surface area (Å²) in [4.78, 5) is 11.6. The van der Waals surface area contributed by atoms with Gasteiger partial charge in [-0.15, -0.1) is 11.3 Å². The molecule has 8 heteroatoms. The van der Waals surface area contributed by atoms with Crippen LogP contribution in [0, 0.1) is 0 Å². The lowest BCUT2D eigenvalue weighted by Gasteiger charge is -2.23. The number of aliphatic hydroxyl groups excluding tert-OH is 1. The lowest BCUT2D eigenvalue weighted by Crippen LogP contribution is -2.31. The summed E-state index contributed by atoms with van der Waals surface area (Å²) in [5.41, 5.74) is 12.2. The van der Waals surface area contributed by atoms with Crippen LogP contribution >= 0.6 is 11.3 Å². The molecule has 5 N–H and O–H groups in total. The van der Waals surface area contributed by atoms with E-state index in [1.54, 1.807) is 5.38 Å². The molecule has 2 aliphatic rings. The lowest BCUT2D eigenvalue weighted by atomic mass is 10.0. The molecule has 0 aliphatic carbocycles. The number of aliphatic hydroxyl groups is 1. The molecule has 7 nitrogen and oxygen atoms in total. The first-order valence-electron chi connectivity index (χ1n) is 6.62. The third kappa shape index (κ3) is 2.33. The average molecular weight is 314 g/mol. The van der Waals surface area contributed by atoms with Crippen LogP contribution in [-0.2, 0) is 14.2 Å². The number of hydrogen-bond donors (Lipinski definition) is 3. The zero-order valence-corrected chi connectivity index (χ0v) is 12.6. The minimum absolute atomic E-state index is 0.177. The SMILES string of the molecule is CC1(C)OC2[C@@H](O1)[C@@H](CO)O[C@H]2c1csc(C(N)=O)c1N. The smallest absolute Gasteiger partial charge is 0.260 e. The summed E-state index contributed by atoms with van der Waals surface area (Å²) in [6.07, 6.45) is -1.72. The lowest BCUT2D eigenvalue weighted by molar-refractivity contribution is -0.191. The highest BCUT2D eigenvalue weighted by Gasteiger charge is 2.55. The van der Waals surface area contributed by atoms with Gasteiger partial charge in [-0.1, -0.05) is 0 Å². The van der Waals surface area contributed by atoms with Crippen molar-refractivity contribution in [1.82, 2.24) is 0 Å². The minimum atomic E-state index is -0.748. The molecule has 4 atom stereocenters. The maximum atomic E-state index is 11.3. The highest BCUT2D eigenvalue weighted by atomic mass is 32.1. The van der Waals surface area contributed by atoms with Gasteiger partial charge in [0, 0.05) is 5.56 Å². The van der Waals surface area contributed by atoms with Gasteiger partial charge in [0.2, 0.25) is 0 Å². The number of hydrogen-bond acceptors (Lipinski definition) is 7. The van der Waals surface area contributed by atoms with Gasteiger partial charge in [-0.25, -0.2) is 0 Å². The molecule has 3 rings (SSSR count). The average Bonchev–Trinajstić information content (AvgIpc) is 3.00. The van der Waals surface area contributed by atoms with Crippen molar-refractivity contribution in [3.8, 4) is 0 Å². The third-order valence-corrected chi connectivity index (χ3v) is 4.75. The van der Waals surface area contributed by atoms with Gasteiger partial charge in [0.1, 0.15) is 29.3 Å². The Hall–Kier alpha value is -1.19. The summed E-state index contributed by atoms with van der Waals surface area (Å²) in [6, 6.07) is 0. The number of carbonyl (C=O) groups excluding carboxylic acids is 1. The second kappa shape index (κ2) is 4.92. The van der Waals surface area contributed by atoms with E-state index in [2.05, 4.69) is 0 Å². The number of ether oxygens (including phenoxy) is 3. The summed E-state index contributed by atoms with van der Waals surface area (Å²) < 4.78 is 17.5. The Kier molecular flexibility index (Phi) is 3.45. The number of thiophene rings is 1. The fraction of sp³-hybridized carbons (Fsp3) is 0.615. The normalized spacial score (nSPS) is 34.0. The standard InChI is InChI=1S/C13H18N2O5S/c1-13(2)19-9-6(3-16)18-8(10(9)20-13)5-4-21-11(7(5)14)12(15)17/h4,6,8-10,16H,3,14H2,1-2H3,(H2,15,17)/t6-,8+,9+,10?/m1/s1. The van der Waals surface area contributed by atoms with Gasteiger partial charge in [0.25, 0.3) is 5.91 Å². The molecule has 0 bridgehead atoms. The van der Waals surface area contributed by atoms with Crippen molar-refractivity contribution in [2.24, 2.45) is 5.73 Å². The zero-order valence-electron chi connectivity index (χ0n) is 11.7. The fourth-order valence-electron chi connectivity index (χ4n) is 2.87. The Balaban J connectivity index is 1.94. The maximum absolute atomic E-state index is 11.3. The van der Waals surface area contributed by atoms with Crippen molar-refractivity contribution in [3.63, 3.8) is 0 Å². The van der Waals surface area contributed by atoms with Crippen LogP contribution < -0.4 is 11.5 Å².